The normalized spacial score (nSPS) is 26.7. The van der Waals surface area contributed by atoms with Gasteiger partial charge in [0.15, 0.2) is 0 Å². The fourth-order valence-electron chi connectivity index (χ4n) is 1.33. The van der Waals surface area contributed by atoms with Gasteiger partial charge in [-0.25, -0.2) is 4.79 Å². The lowest BCUT2D eigenvalue weighted by Crippen LogP contribution is -2.46. The van der Waals surface area contributed by atoms with Crippen molar-refractivity contribution in [2.24, 2.45) is 5.92 Å². The van der Waals surface area contributed by atoms with Gasteiger partial charge in [-0.15, -0.1) is 0 Å². The van der Waals surface area contributed by atoms with E-state index in [1.807, 2.05) is 0 Å². The van der Waals surface area contributed by atoms with Crippen molar-refractivity contribution in [3.05, 3.63) is 0 Å². The largest absolute Gasteiger partial charge is 0.453 e. The molecule has 0 radical (unpaired) electrons. The molecular formula is C8H12N2O2. The highest BCUT2D eigenvalue weighted by molar-refractivity contribution is 5.67. The second-order valence-electron chi connectivity index (χ2n) is 2.94. The van der Waals surface area contributed by atoms with E-state index in [2.05, 4.69) is 16.1 Å². The fraction of sp³-hybridized carbons (Fsp3) is 0.750. The molecule has 0 saturated heterocycles. The SMILES string of the molecule is COC(=O)N[C@H]1CC[C@@H]1CC#N. The molecule has 0 unspecified atom stereocenters. The molecule has 1 aliphatic carbocycles. The van der Waals surface area contributed by atoms with E-state index in [0.29, 0.717) is 12.3 Å². The number of nitriles is 1. The van der Waals surface area contributed by atoms with Gasteiger partial charge < -0.3 is 10.1 Å². The quantitative estimate of drug-likeness (QED) is 0.670. The predicted molar refractivity (Wildman–Crippen MR) is 42.3 cm³/mol. The summed E-state index contributed by atoms with van der Waals surface area (Å²) in [6.07, 6.45) is 2.11. The molecule has 66 valence electrons. The van der Waals surface area contributed by atoms with Gasteiger partial charge in [-0.05, 0) is 18.8 Å². The van der Waals surface area contributed by atoms with Crippen molar-refractivity contribution in [3.8, 4) is 6.07 Å². The number of hydrogen-bond donors (Lipinski definition) is 1. The van der Waals surface area contributed by atoms with Crippen molar-refractivity contribution in [2.45, 2.75) is 25.3 Å². The number of carbonyl (C=O) groups excluding carboxylic acids is 1. The number of nitrogens with one attached hydrogen (secondary N) is 1. The molecule has 0 aromatic heterocycles. The first-order valence-corrected chi connectivity index (χ1v) is 3.99. The number of rotatable bonds is 2. The van der Waals surface area contributed by atoms with E-state index in [-0.39, 0.29) is 6.04 Å². The molecule has 2 atom stereocenters. The monoisotopic (exact) mass is 168 g/mol. The fourth-order valence-corrected chi connectivity index (χ4v) is 1.33. The molecule has 0 bridgehead atoms. The van der Waals surface area contributed by atoms with E-state index in [9.17, 15) is 4.79 Å². The predicted octanol–water partition coefficient (Wildman–Crippen LogP) is 1.03. The zero-order valence-corrected chi connectivity index (χ0v) is 7.04. The van der Waals surface area contributed by atoms with Gasteiger partial charge in [0.25, 0.3) is 0 Å². The Morgan fingerprint density at radius 3 is 2.92 bits per heavy atom. The van der Waals surface area contributed by atoms with Crippen LogP contribution in [0.25, 0.3) is 0 Å². The maximum atomic E-state index is 10.7. The summed E-state index contributed by atoms with van der Waals surface area (Å²) in [7, 11) is 1.34. The second kappa shape index (κ2) is 3.96. The van der Waals surface area contributed by atoms with E-state index in [4.69, 9.17) is 5.26 Å². The third kappa shape index (κ3) is 1.88. The topological polar surface area (TPSA) is 62.1 Å². The lowest BCUT2D eigenvalue weighted by molar-refractivity contribution is 0.143. The molecule has 4 nitrogen and oxygen atoms in total. The molecule has 1 rings (SSSR count). The van der Waals surface area contributed by atoms with Crippen LogP contribution in [0.4, 0.5) is 4.79 Å². The Morgan fingerprint density at radius 2 is 2.50 bits per heavy atom. The van der Waals surface area contributed by atoms with Gasteiger partial charge >= 0.3 is 6.09 Å². The Balaban J connectivity index is 2.26. The lowest BCUT2D eigenvalue weighted by Gasteiger charge is -2.34. The van der Waals surface area contributed by atoms with Crippen LogP contribution < -0.4 is 5.32 Å². The smallest absolute Gasteiger partial charge is 0.407 e. The molecule has 1 amide bonds. The zero-order chi connectivity index (χ0) is 8.97. The molecule has 1 fully saturated rings. The first kappa shape index (κ1) is 8.85. The van der Waals surface area contributed by atoms with Gasteiger partial charge in [0.2, 0.25) is 0 Å². The first-order valence-electron chi connectivity index (χ1n) is 3.99. The number of carbonyl (C=O) groups is 1. The van der Waals surface area contributed by atoms with E-state index in [0.717, 1.165) is 12.8 Å². The number of methoxy groups -OCH3 is 1. The van der Waals surface area contributed by atoms with Gasteiger partial charge in [0.05, 0.1) is 13.2 Å². The molecule has 0 heterocycles. The average Bonchev–Trinajstić information content (AvgIpc) is 2.08. The summed E-state index contributed by atoms with van der Waals surface area (Å²) in [5.74, 6) is 0.328. The van der Waals surface area contributed by atoms with E-state index in [1.165, 1.54) is 7.11 Å². The Hall–Kier alpha value is -1.24. The summed E-state index contributed by atoms with van der Waals surface area (Å²) in [6.45, 7) is 0. The molecule has 1 saturated carbocycles. The highest BCUT2D eigenvalue weighted by atomic mass is 16.5. The summed E-state index contributed by atoms with van der Waals surface area (Å²) in [6, 6.07) is 2.25. The number of hydrogen-bond acceptors (Lipinski definition) is 3. The highest BCUT2D eigenvalue weighted by Crippen LogP contribution is 2.29. The van der Waals surface area contributed by atoms with E-state index in [1.54, 1.807) is 0 Å². The Labute approximate surface area is 71.5 Å². The molecule has 1 aliphatic rings. The van der Waals surface area contributed by atoms with Gasteiger partial charge in [0, 0.05) is 12.5 Å². The van der Waals surface area contributed by atoms with Crippen molar-refractivity contribution in [1.29, 1.82) is 5.26 Å². The van der Waals surface area contributed by atoms with Gasteiger partial charge in [-0.3, -0.25) is 0 Å². The van der Waals surface area contributed by atoms with Crippen LogP contribution >= 0.6 is 0 Å². The molecule has 4 heteroatoms. The number of alkyl carbamates (subject to hydrolysis) is 1. The minimum absolute atomic E-state index is 0.150. The van der Waals surface area contributed by atoms with Crippen LogP contribution in [-0.2, 0) is 4.74 Å². The second-order valence-corrected chi connectivity index (χ2v) is 2.94. The van der Waals surface area contributed by atoms with Gasteiger partial charge in [0.1, 0.15) is 0 Å². The number of ether oxygens (including phenoxy) is 1. The standard InChI is InChI=1S/C8H12N2O2/c1-12-8(11)10-7-3-2-6(7)4-5-9/h6-7H,2-4H2,1H3,(H,10,11)/t6-,7+/m1/s1. The summed E-state index contributed by atoms with van der Waals surface area (Å²) in [5, 5.41) is 11.1. The van der Waals surface area contributed by atoms with Crippen LogP contribution in [0.2, 0.25) is 0 Å². The summed E-state index contributed by atoms with van der Waals surface area (Å²) in [4.78, 5) is 10.7. The molecule has 1 N–H and O–H groups in total. The Bertz CT molecular complexity index is 210. The molecule has 0 aliphatic heterocycles. The van der Waals surface area contributed by atoms with E-state index >= 15 is 0 Å². The summed E-state index contributed by atoms with van der Waals surface area (Å²) >= 11 is 0. The minimum atomic E-state index is -0.400. The lowest BCUT2D eigenvalue weighted by atomic mass is 9.78. The van der Waals surface area contributed by atoms with Gasteiger partial charge in [-0.1, -0.05) is 0 Å². The molecule has 0 aromatic rings. The van der Waals surface area contributed by atoms with Crippen LogP contribution in [-0.4, -0.2) is 19.2 Å². The third-order valence-corrected chi connectivity index (χ3v) is 2.26. The van der Waals surface area contributed by atoms with E-state index < -0.39 is 6.09 Å². The highest BCUT2D eigenvalue weighted by Gasteiger charge is 2.31. The van der Waals surface area contributed by atoms with Crippen LogP contribution in [0.15, 0.2) is 0 Å². The molecular weight excluding hydrogens is 156 g/mol. The van der Waals surface area contributed by atoms with Crippen molar-refractivity contribution in [2.75, 3.05) is 7.11 Å². The van der Waals surface area contributed by atoms with Crippen molar-refractivity contribution < 1.29 is 9.53 Å². The van der Waals surface area contributed by atoms with Crippen molar-refractivity contribution in [3.63, 3.8) is 0 Å². The summed E-state index contributed by atoms with van der Waals surface area (Å²) in [5.41, 5.74) is 0. The van der Waals surface area contributed by atoms with Crippen LogP contribution in [0.3, 0.4) is 0 Å². The maximum absolute atomic E-state index is 10.7. The van der Waals surface area contributed by atoms with Crippen LogP contribution in [0, 0.1) is 17.2 Å². The van der Waals surface area contributed by atoms with Crippen LogP contribution in [0.5, 0.6) is 0 Å². The third-order valence-electron chi connectivity index (χ3n) is 2.26. The zero-order valence-electron chi connectivity index (χ0n) is 7.04. The number of nitrogens with zero attached hydrogens (tertiary/aromatic N) is 1. The Morgan fingerprint density at radius 1 is 1.75 bits per heavy atom. The first-order chi connectivity index (χ1) is 5.77. The molecule has 0 aromatic carbocycles. The molecule has 0 spiro atoms. The maximum Gasteiger partial charge on any atom is 0.407 e. The van der Waals surface area contributed by atoms with Crippen molar-refractivity contribution in [1.82, 2.24) is 5.32 Å². The van der Waals surface area contributed by atoms with Crippen molar-refractivity contribution >= 4 is 6.09 Å². The van der Waals surface area contributed by atoms with Crippen LogP contribution in [0.1, 0.15) is 19.3 Å². The minimum Gasteiger partial charge on any atom is -0.453 e. The van der Waals surface area contributed by atoms with Gasteiger partial charge in [-0.2, -0.15) is 5.26 Å². The Kier molecular flexibility index (Phi) is 2.92. The number of amides is 1. The summed E-state index contributed by atoms with van der Waals surface area (Å²) < 4.78 is 4.45. The molecule has 12 heavy (non-hydrogen) atoms. The average molecular weight is 168 g/mol.